The topological polar surface area (TPSA) is 105 Å². The van der Waals surface area contributed by atoms with Crippen molar-refractivity contribution in [1.82, 2.24) is 19.7 Å². The zero-order valence-electron chi connectivity index (χ0n) is 19.4. The van der Waals surface area contributed by atoms with Gasteiger partial charge in [-0.15, -0.1) is 0 Å². The molecule has 1 unspecified atom stereocenters. The molecule has 8 nitrogen and oxygen atoms in total. The van der Waals surface area contributed by atoms with Crippen molar-refractivity contribution in [3.8, 4) is 17.0 Å². The van der Waals surface area contributed by atoms with E-state index in [1.165, 1.54) is 47.8 Å². The Kier molecular flexibility index (Phi) is 7.17. The molecule has 36 heavy (non-hydrogen) atoms. The number of rotatable bonds is 7. The Morgan fingerprint density at radius 3 is 2.42 bits per heavy atom. The smallest absolute Gasteiger partial charge is 0.422 e. The number of nitrogens with one attached hydrogen (secondary N) is 2. The summed E-state index contributed by atoms with van der Waals surface area (Å²) in [4.78, 5) is 17.0. The second-order valence-corrected chi connectivity index (χ2v) is 9.23. The number of carbonyl (C=O) groups excluding carboxylic acids is 1. The minimum Gasteiger partial charge on any atom is -0.483 e. The second kappa shape index (κ2) is 9.40. The number of aryl methyl sites for hydroxylation is 2. The third kappa shape index (κ3) is 5.98. The lowest BCUT2D eigenvalue weighted by molar-refractivity contribution is -0.153. The Morgan fingerprint density at radius 2 is 1.89 bits per heavy atom. The molecule has 0 saturated carbocycles. The molecule has 3 aromatic rings. The number of H-pyrrole nitrogens is 1. The van der Waals surface area contributed by atoms with Crippen molar-refractivity contribution >= 4 is 20.8 Å². The van der Waals surface area contributed by atoms with Crippen LogP contribution in [0.3, 0.4) is 0 Å². The van der Waals surface area contributed by atoms with E-state index in [-0.39, 0.29) is 22.8 Å². The summed E-state index contributed by atoms with van der Waals surface area (Å²) in [7, 11) is 2.77. The molecule has 0 aliphatic rings. The van der Waals surface area contributed by atoms with Gasteiger partial charge in [-0.25, -0.2) is 9.37 Å². The number of hydrogen-bond donors (Lipinski definition) is 3. The third-order valence-electron chi connectivity index (χ3n) is 4.91. The van der Waals surface area contributed by atoms with Crippen LogP contribution in [-0.2, 0) is 18.3 Å². The summed E-state index contributed by atoms with van der Waals surface area (Å²) in [5.41, 5.74) is -7.25. The molecule has 1 aromatic carbocycles. The van der Waals surface area contributed by atoms with Gasteiger partial charge >= 0.3 is 11.8 Å². The SMILES string of the molecule is Cc1[nH]nc(C(F)(F)P)c1NC(=O)c1cc(F)c(-c2cn(C)c(C(C)(C)O)n2)cc1OCC(F)(F)F. The third-order valence-corrected chi connectivity index (χ3v) is 5.18. The Balaban J connectivity index is 2.09. The highest BCUT2D eigenvalue weighted by molar-refractivity contribution is 7.17. The molecule has 196 valence electrons. The summed E-state index contributed by atoms with van der Waals surface area (Å²) >= 11 is 0. The van der Waals surface area contributed by atoms with E-state index in [9.17, 15) is 31.9 Å². The van der Waals surface area contributed by atoms with Crippen LogP contribution in [0.25, 0.3) is 11.3 Å². The number of nitrogens with zero attached hydrogens (tertiary/aromatic N) is 3. The van der Waals surface area contributed by atoms with Gasteiger partial charge in [-0.2, -0.15) is 27.1 Å². The largest absolute Gasteiger partial charge is 0.483 e. The zero-order valence-corrected chi connectivity index (χ0v) is 20.5. The van der Waals surface area contributed by atoms with E-state index in [2.05, 4.69) is 20.5 Å². The maximum absolute atomic E-state index is 15.1. The Hall–Kier alpha value is -3.12. The van der Waals surface area contributed by atoms with Crippen LogP contribution in [0.4, 0.5) is 32.0 Å². The number of halogens is 6. The van der Waals surface area contributed by atoms with Gasteiger partial charge in [-0.3, -0.25) is 9.89 Å². The molecule has 2 heterocycles. The normalized spacial score (nSPS) is 12.7. The molecular weight excluding hydrogens is 515 g/mol. The van der Waals surface area contributed by atoms with Gasteiger partial charge in [-0.1, -0.05) is 9.24 Å². The minimum absolute atomic E-state index is 0.0305. The predicted octanol–water partition coefficient (Wildman–Crippen LogP) is 4.60. The van der Waals surface area contributed by atoms with Gasteiger partial charge in [0.15, 0.2) is 12.3 Å². The highest BCUT2D eigenvalue weighted by Crippen LogP contribution is 2.39. The number of hydrogen-bond acceptors (Lipinski definition) is 5. The number of imidazole rings is 1. The average molecular weight is 537 g/mol. The first-order valence-electron chi connectivity index (χ1n) is 10.2. The van der Waals surface area contributed by atoms with Gasteiger partial charge in [0.05, 0.1) is 22.6 Å². The van der Waals surface area contributed by atoms with Gasteiger partial charge in [0, 0.05) is 18.8 Å². The molecule has 0 aliphatic heterocycles. The molecule has 3 N–H and O–H groups in total. The van der Waals surface area contributed by atoms with Crippen molar-refractivity contribution in [2.24, 2.45) is 7.05 Å². The molecule has 0 radical (unpaired) electrons. The van der Waals surface area contributed by atoms with Crippen LogP contribution in [0.15, 0.2) is 18.3 Å². The van der Waals surface area contributed by atoms with E-state index in [0.29, 0.717) is 6.07 Å². The number of ether oxygens (including phenoxy) is 1. The summed E-state index contributed by atoms with van der Waals surface area (Å²) in [5.74, 6) is -2.80. The average Bonchev–Trinajstić information content (AvgIpc) is 3.28. The quantitative estimate of drug-likeness (QED) is 0.302. The van der Waals surface area contributed by atoms with Gasteiger partial charge < -0.3 is 19.7 Å². The van der Waals surface area contributed by atoms with Crippen LogP contribution in [0.5, 0.6) is 5.75 Å². The van der Waals surface area contributed by atoms with E-state index in [4.69, 9.17) is 4.74 Å². The Bertz CT molecular complexity index is 1290. The van der Waals surface area contributed by atoms with Crippen molar-refractivity contribution in [3.05, 3.63) is 46.9 Å². The highest BCUT2D eigenvalue weighted by atomic mass is 31.0. The number of aromatic amines is 1. The molecule has 0 bridgehead atoms. The maximum atomic E-state index is 15.1. The van der Waals surface area contributed by atoms with Crippen LogP contribution < -0.4 is 10.1 Å². The van der Waals surface area contributed by atoms with Crippen LogP contribution in [0, 0.1) is 12.7 Å². The zero-order chi connectivity index (χ0) is 27.2. The summed E-state index contributed by atoms with van der Waals surface area (Å²) < 4.78 is 87.5. The molecule has 15 heteroatoms. The first-order chi connectivity index (χ1) is 16.4. The molecular formula is C21H22F6N5O3P. The van der Waals surface area contributed by atoms with Crippen molar-refractivity contribution in [2.75, 3.05) is 11.9 Å². The predicted molar refractivity (Wildman–Crippen MR) is 120 cm³/mol. The highest BCUT2D eigenvalue weighted by Gasteiger charge is 2.34. The van der Waals surface area contributed by atoms with Crippen molar-refractivity contribution in [2.45, 2.75) is 38.2 Å². The van der Waals surface area contributed by atoms with E-state index in [1.807, 2.05) is 0 Å². The Labute approximate surface area is 203 Å². The van der Waals surface area contributed by atoms with Gasteiger partial charge in [0.2, 0.25) is 0 Å². The summed E-state index contributed by atoms with van der Waals surface area (Å²) in [6.07, 6.45) is -3.46. The molecule has 1 atom stereocenters. The first kappa shape index (κ1) is 27.5. The van der Waals surface area contributed by atoms with Crippen LogP contribution in [0.1, 0.15) is 41.4 Å². The number of anilines is 1. The molecule has 2 aromatic heterocycles. The lowest BCUT2D eigenvalue weighted by Crippen LogP contribution is -2.22. The van der Waals surface area contributed by atoms with Gasteiger partial charge in [-0.05, 0) is 32.9 Å². The van der Waals surface area contributed by atoms with Crippen LogP contribution >= 0.6 is 9.24 Å². The van der Waals surface area contributed by atoms with Crippen molar-refractivity contribution < 1.29 is 41.0 Å². The number of amides is 1. The van der Waals surface area contributed by atoms with E-state index < -0.39 is 58.5 Å². The fourth-order valence-electron chi connectivity index (χ4n) is 3.37. The van der Waals surface area contributed by atoms with Gasteiger partial charge in [0.25, 0.3) is 5.91 Å². The molecule has 0 fully saturated rings. The fraction of sp³-hybridized carbons (Fsp3) is 0.381. The summed E-state index contributed by atoms with van der Waals surface area (Å²) in [5, 5.41) is 18.1. The summed E-state index contributed by atoms with van der Waals surface area (Å²) in [6.45, 7) is 2.39. The van der Waals surface area contributed by atoms with Crippen molar-refractivity contribution in [3.63, 3.8) is 0 Å². The number of alkyl halides is 5. The number of carbonyl (C=O) groups is 1. The maximum Gasteiger partial charge on any atom is 0.422 e. The number of benzene rings is 1. The molecule has 0 spiro atoms. The lowest BCUT2D eigenvalue weighted by Gasteiger charge is -2.16. The van der Waals surface area contributed by atoms with Crippen molar-refractivity contribution in [1.29, 1.82) is 0 Å². The molecule has 3 rings (SSSR count). The second-order valence-electron chi connectivity index (χ2n) is 8.50. The van der Waals surface area contributed by atoms with Crippen LogP contribution in [-0.4, -0.2) is 43.5 Å². The lowest BCUT2D eigenvalue weighted by atomic mass is 10.1. The molecule has 0 saturated heterocycles. The standard InChI is InChI=1S/C21H22F6N5O3P/c1-9-15(16(31-30-9)21(26,27)36)29-17(33)11-5-12(22)10(6-14(11)35-8-20(23,24)25)13-7-32(4)18(28-13)19(2,3)34/h5-7,34H,8,36H2,1-4H3,(H,29,33)(H,30,31). The Morgan fingerprint density at radius 1 is 1.25 bits per heavy atom. The van der Waals surface area contributed by atoms with Gasteiger partial charge in [0.1, 0.15) is 23.0 Å². The fourth-order valence-corrected chi connectivity index (χ4v) is 3.58. The summed E-state index contributed by atoms with van der Waals surface area (Å²) in [6, 6.07) is 1.46. The van der Waals surface area contributed by atoms with Crippen LogP contribution in [0.2, 0.25) is 0 Å². The molecule has 0 aliphatic carbocycles. The number of aliphatic hydroxyl groups is 1. The van der Waals surface area contributed by atoms with E-state index >= 15 is 4.39 Å². The van der Waals surface area contributed by atoms with E-state index in [0.717, 1.165) is 6.07 Å². The van der Waals surface area contributed by atoms with E-state index in [1.54, 1.807) is 0 Å². The number of aromatic nitrogens is 4. The molecule has 1 amide bonds. The first-order valence-corrected chi connectivity index (χ1v) is 10.8. The monoisotopic (exact) mass is 537 g/mol. The minimum atomic E-state index is -4.79.